The Hall–Kier alpha value is -4.54. The van der Waals surface area contributed by atoms with Crippen LogP contribution in [0.25, 0.3) is 0 Å². The lowest BCUT2D eigenvalue weighted by molar-refractivity contribution is -0.174. The molecule has 0 radical (unpaired) electrons. The van der Waals surface area contributed by atoms with Gasteiger partial charge in [0.25, 0.3) is 0 Å². The Balaban J connectivity index is 0.945. The highest BCUT2D eigenvalue weighted by molar-refractivity contribution is 6.16. The minimum absolute atomic E-state index is 0.131. The molecule has 2 aliphatic carbocycles. The average molecular weight is 785 g/mol. The van der Waals surface area contributed by atoms with Gasteiger partial charge in [-0.15, -0.1) is 0 Å². The van der Waals surface area contributed by atoms with Crippen LogP contribution in [0.1, 0.15) is 113 Å². The van der Waals surface area contributed by atoms with E-state index in [4.69, 9.17) is 18.9 Å². The summed E-state index contributed by atoms with van der Waals surface area (Å²) in [5.41, 5.74) is -0.154. The van der Waals surface area contributed by atoms with E-state index in [9.17, 15) is 19.2 Å². The molecule has 3 aromatic rings. The first-order chi connectivity index (χ1) is 28.0. The average Bonchev–Trinajstić information content (AvgIpc) is 4.01. The largest absolute Gasteiger partial charge is 0.463 e. The number of anilines is 2. The Kier molecular flexibility index (Phi) is 7.58. The molecule has 6 aliphatic heterocycles. The van der Waals surface area contributed by atoms with Crippen molar-refractivity contribution in [1.29, 1.82) is 0 Å². The van der Waals surface area contributed by atoms with Gasteiger partial charge in [0.1, 0.15) is 0 Å². The Bertz CT molecular complexity index is 2140. The second-order valence-electron chi connectivity index (χ2n) is 18.7. The Morgan fingerprint density at radius 1 is 0.603 bits per heavy atom. The summed E-state index contributed by atoms with van der Waals surface area (Å²) < 4.78 is 25.4. The number of rotatable bonds is 8. The van der Waals surface area contributed by atoms with Gasteiger partial charge >= 0.3 is 11.9 Å². The van der Waals surface area contributed by atoms with Crippen LogP contribution in [0.2, 0.25) is 0 Å². The summed E-state index contributed by atoms with van der Waals surface area (Å²) >= 11 is 0. The number of nitrogens with zero attached hydrogens (tertiary/aromatic N) is 2. The van der Waals surface area contributed by atoms with Crippen LogP contribution < -0.4 is 9.80 Å². The lowest BCUT2D eigenvalue weighted by Crippen LogP contribution is -2.66. The van der Waals surface area contributed by atoms with Crippen LogP contribution in [-0.2, 0) is 51.2 Å². The van der Waals surface area contributed by atoms with Crippen LogP contribution in [0.3, 0.4) is 0 Å². The monoisotopic (exact) mass is 784 g/mol. The molecule has 0 aromatic heterocycles. The molecule has 58 heavy (non-hydrogen) atoms. The zero-order valence-electron chi connectivity index (χ0n) is 33.9. The summed E-state index contributed by atoms with van der Waals surface area (Å²) in [6, 6.07) is 24.1. The molecule has 3 aromatic carbocycles. The molecule has 8 aliphatic rings. The number of esters is 2. The maximum absolute atomic E-state index is 14.8. The minimum atomic E-state index is -1.71. The molecule has 11 rings (SSSR count). The summed E-state index contributed by atoms with van der Waals surface area (Å²) in [5.74, 6) is -1.71. The van der Waals surface area contributed by atoms with Gasteiger partial charge in [0, 0.05) is 36.3 Å². The topological polar surface area (TPSA) is 112 Å². The fraction of sp³-hybridized carbons (Fsp3) is 0.542. The van der Waals surface area contributed by atoms with Crippen molar-refractivity contribution in [1.82, 2.24) is 0 Å². The molecule has 2 spiro atoms. The molecular weight excluding hydrogens is 733 g/mol. The molecule has 10 atom stereocenters. The van der Waals surface area contributed by atoms with Crippen molar-refractivity contribution < 1.29 is 38.1 Å². The molecule has 10 heteroatoms. The van der Waals surface area contributed by atoms with E-state index in [2.05, 4.69) is 58.3 Å². The summed E-state index contributed by atoms with van der Waals surface area (Å²) in [7, 11) is 0. The van der Waals surface area contributed by atoms with E-state index in [1.54, 1.807) is 13.8 Å². The fourth-order valence-electron chi connectivity index (χ4n) is 14.1. The predicted octanol–water partition coefficient (Wildman–Crippen LogP) is 7.10. The lowest BCUT2D eigenvalue weighted by atomic mass is 9.51. The van der Waals surface area contributed by atoms with Crippen LogP contribution in [0.4, 0.5) is 11.4 Å². The van der Waals surface area contributed by atoms with Gasteiger partial charge in [-0.1, -0.05) is 86.3 Å². The van der Waals surface area contributed by atoms with Gasteiger partial charge in [0.2, 0.25) is 11.2 Å². The molecule has 2 saturated carbocycles. The van der Waals surface area contributed by atoms with Gasteiger partial charge in [-0.25, -0.2) is 9.59 Å². The van der Waals surface area contributed by atoms with Crippen LogP contribution in [-0.4, -0.2) is 71.2 Å². The quantitative estimate of drug-likeness (QED) is 0.173. The number of para-hydroxylation sites is 2. The maximum Gasteiger partial charge on any atom is 0.348 e. The van der Waals surface area contributed by atoms with Crippen LogP contribution in [0, 0.1) is 10.8 Å². The van der Waals surface area contributed by atoms with Gasteiger partial charge in [-0.3, -0.25) is 9.59 Å². The second kappa shape index (κ2) is 12.0. The number of hydrogen-bond acceptors (Lipinski definition) is 10. The number of carbonyl (C=O) groups excluding carboxylic acids is 4. The normalized spacial score (nSPS) is 39.5. The van der Waals surface area contributed by atoms with E-state index >= 15 is 0 Å². The van der Waals surface area contributed by atoms with Gasteiger partial charge < -0.3 is 28.7 Å². The van der Waals surface area contributed by atoms with Gasteiger partial charge in [0.05, 0.1) is 47.3 Å². The summed E-state index contributed by atoms with van der Waals surface area (Å²) in [4.78, 5) is 62.4. The Labute approximate surface area is 339 Å². The molecule has 4 bridgehead atoms. The molecule has 0 unspecified atom stereocenters. The third-order valence-electron chi connectivity index (χ3n) is 16.4. The van der Waals surface area contributed by atoms with E-state index < -0.39 is 57.3 Å². The van der Waals surface area contributed by atoms with Gasteiger partial charge in [0.15, 0.2) is 11.6 Å². The Morgan fingerprint density at radius 3 is 1.38 bits per heavy atom. The van der Waals surface area contributed by atoms with Crippen LogP contribution >= 0.6 is 0 Å². The lowest BCUT2D eigenvalue weighted by Gasteiger charge is -2.50. The molecule has 10 nitrogen and oxygen atoms in total. The molecule has 4 saturated heterocycles. The maximum atomic E-state index is 14.8. The van der Waals surface area contributed by atoms with E-state index in [1.165, 1.54) is 0 Å². The SMILES string of the molecule is CCOC(=O)[C@@]12O[C@]3(CCCC[C@@]3(C)C1=O)[C@@H]1c3ccccc3N(Cc3ccc(CN4c5ccccc5[C@@H]5[C@H]4[C@@]4(C(=O)OCC)O[C@]56CCCC[C@@]6(C)C4=O)cc3)[C@@H]12. The van der Waals surface area contributed by atoms with Crippen LogP contribution in [0.5, 0.6) is 0 Å². The highest BCUT2D eigenvalue weighted by Crippen LogP contribution is 2.74. The number of ketones is 2. The number of Topliss-reactive ketones (excluding diaryl/α,β-unsaturated/α-hetero) is 2. The first-order valence-corrected chi connectivity index (χ1v) is 21.6. The van der Waals surface area contributed by atoms with Crippen molar-refractivity contribution in [3.8, 4) is 0 Å². The molecule has 0 amide bonds. The number of benzene rings is 3. The fourth-order valence-corrected chi connectivity index (χ4v) is 14.1. The summed E-state index contributed by atoms with van der Waals surface area (Å²) in [5, 5.41) is 0. The first kappa shape index (κ1) is 36.5. The van der Waals surface area contributed by atoms with Crippen molar-refractivity contribution in [2.75, 3.05) is 23.0 Å². The molecular formula is C48H52N2O8. The molecule has 0 N–H and O–H groups in total. The zero-order valence-corrected chi connectivity index (χ0v) is 33.9. The predicted molar refractivity (Wildman–Crippen MR) is 214 cm³/mol. The number of ether oxygens (including phenoxy) is 4. The third-order valence-corrected chi connectivity index (χ3v) is 16.4. The van der Waals surface area contributed by atoms with Crippen molar-refractivity contribution >= 4 is 34.9 Å². The molecule has 302 valence electrons. The Morgan fingerprint density at radius 2 is 0.983 bits per heavy atom. The van der Waals surface area contributed by atoms with Crippen molar-refractivity contribution in [2.45, 2.75) is 138 Å². The second-order valence-corrected chi connectivity index (χ2v) is 18.7. The molecule has 6 fully saturated rings. The third kappa shape index (κ3) is 3.98. The van der Waals surface area contributed by atoms with E-state index in [0.29, 0.717) is 25.9 Å². The standard InChI is InChI=1S/C48H52N2O8/c1-5-55-41(53)47-37-35(45(57-47)25-13-11-23-43(45,3)39(47)51)31-15-7-9-17-33(31)49(37)27-29-19-21-30(22-20-29)28-50-34-18-10-8-16-32(34)36-38(50)48(42(54)56-6-2)40(52)44(4)24-12-14-26-46(36,44)58-48/h7-10,15-22,35-38H,5-6,11-14,23-28H2,1-4H3/t35-,36-,37+,38+,43+,44+,45-,46-,47-,48+/m1/s1. The van der Waals surface area contributed by atoms with Crippen molar-refractivity contribution in [3.63, 3.8) is 0 Å². The van der Waals surface area contributed by atoms with Gasteiger partial charge in [-0.2, -0.15) is 0 Å². The van der Waals surface area contributed by atoms with Crippen LogP contribution in [0.15, 0.2) is 72.8 Å². The summed E-state index contributed by atoms with van der Waals surface area (Å²) in [6.07, 6.45) is 6.60. The minimum Gasteiger partial charge on any atom is -0.463 e. The van der Waals surface area contributed by atoms with E-state index in [-0.39, 0.29) is 36.6 Å². The zero-order chi connectivity index (χ0) is 40.0. The smallest absolute Gasteiger partial charge is 0.348 e. The number of carbonyl (C=O) groups is 4. The number of hydrogen-bond donors (Lipinski definition) is 0. The molecule has 6 heterocycles. The highest BCUT2D eigenvalue weighted by atomic mass is 16.6. The van der Waals surface area contributed by atoms with Crippen molar-refractivity contribution in [2.24, 2.45) is 10.8 Å². The van der Waals surface area contributed by atoms with Gasteiger partial charge in [-0.05, 0) is 87.8 Å². The first-order valence-electron chi connectivity index (χ1n) is 21.6. The highest BCUT2D eigenvalue weighted by Gasteiger charge is 2.87. The van der Waals surface area contributed by atoms with E-state index in [1.807, 2.05) is 38.1 Å². The summed E-state index contributed by atoms with van der Waals surface area (Å²) in [6.45, 7) is 8.87. The van der Waals surface area contributed by atoms with E-state index in [0.717, 1.165) is 72.2 Å². The van der Waals surface area contributed by atoms with Crippen molar-refractivity contribution in [3.05, 3.63) is 95.1 Å². The number of fused-ring (bicyclic) bond motifs is 10.